The van der Waals surface area contributed by atoms with Crippen molar-refractivity contribution in [3.63, 3.8) is 0 Å². The van der Waals surface area contributed by atoms with Gasteiger partial charge >= 0.3 is 5.97 Å². The van der Waals surface area contributed by atoms with Crippen molar-refractivity contribution in [3.8, 4) is 0 Å². The van der Waals surface area contributed by atoms with Crippen molar-refractivity contribution in [3.05, 3.63) is 24.3 Å². The number of aliphatic hydroxyl groups is 2. The van der Waals surface area contributed by atoms with Crippen LogP contribution >= 0.6 is 0 Å². The molecule has 6 nitrogen and oxygen atoms in total. The van der Waals surface area contributed by atoms with Gasteiger partial charge in [-0.2, -0.15) is 0 Å². The van der Waals surface area contributed by atoms with Gasteiger partial charge in [0.2, 0.25) is 5.91 Å². The van der Waals surface area contributed by atoms with E-state index in [1.54, 1.807) is 0 Å². The van der Waals surface area contributed by atoms with Crippen LogP contribution < -0.4 is 5.32 Å². The van der Waals surface area contributed by atoms with E-state index in [1.807, 2.05) is 0 Å². The number of carbonyl (C=O) groups is 2. The first-order valence-corrected chi connectivity index (χ1v) is 27.1. The summed E-state index contributed by atoms with van der Waals surface area (Å²) in [5, 5.41) is 23.3. The Morgan fingerprint density at radius 1 is 0.443 bits per heavy atom. The molecule has 0 bridgehead atoms. The van der Waals surface area contributed by atoms with E-state index < -0.39 is 12.1 Å². The summed E-state index contributed by atoms with van der Waals surface area (Å²) in [5.74, 6) is -0.140. The lowest BCUT2D eigenvalue weighted by Gasteiger charge is -2.22. The van der Waals surface area contributed by atoms with Gasteiger partial charge in [0.25, 0.3) is 0 Å². The largest absolute Gasteiger partial charge is 0.466 e. The molecule has 0 fully saturated rings. The molecule has 0 aromatic rings. The van der Waals surface area contributed by atoms with Crippen LogP contribution in [0, 0.1) is 0 Å². The summed E-state index contributed by atoms with van der Waals surface area (Å²) in [6.45, 7) is 4.83. The van der Waals surface area contributed by atoms with Crippen molar-refractivity contribution in [2.45, 2.75) is 302 Å². The van der Waals surface area contributed by atoms with Crippen molar-refractivity contribution in [1.29, 1.82) is 0 Å². The summed E-state index contributed by atoms with van der Waals surface area (Å²) in [6, 6.07) is -0.580. The quantitative estimate of drug-likeness (QED) is 0.0322. The lowest BCUT2D eigenvalue weighted by atomic mass is 10.0. The first-order chi connectivity index (χ1) is 30.0. The first-order valence-electron chi connectivity index (χ1n) is 27.1. The van der Waals surface area contributed by atoms with E-state index in [0.29, 0.717) is 25.9 Å². The number of ether oxygens (including phenoxy) is 1. The van der Waals surface area contributed by atoms with Gasteiger partial charge in [-0.1, -0.05) is 237 Å². The van der Waals surface area contributed by atoms with E-state index in [0.717, 1.165) is 70.6 Å². The molecule has 360 valence electrons. The lowest BCUT2D eigenvalue weighted by Crippen LogP contribution is -2.45. The zero-order valence-corrected chi connectivity index (χ0v) is 40.9. The normalized spacial score (nSPS) is 12.8. The van der Waals surface area contributed by atoms with Crippen LogP contribution in [0.25, 0.3) is 0 Å². The Labute approximate surface area is 380 Å². The standard InChI is InChI=1S/C55H105NO5/c1-3-5-7-9-11-13-15-16-17-18-19-20-21-22-23-24-25-26-27-29-31-35-39-43-47-53(58)52(51-57)56-54(59)48-44-40-36-32-30-34-38-42-46-50-61-55(60)49-45-41-37-33-28-14-12-10-8-6-4-2/h10,12,32,36,52-53,57-58H,3-9,11,13-31,33-35,37-51H2,1-2H3,(H,56,59)/b12-10-,36-32-. The molecule has 2 atom stereocenters. The third-order valence-corrected chi connectivity index (χ3v) is 12.5. The Balaban J connectivity index is 3.52. The Morgan fingerprint density at radius 3 is 1.25 bits per heavy atom. The van der Waals surface area contributed by atoms with E-state index in [9.17, 15) is 19.8 Å². The van der Waals surface area contributed by atoms with Gasteiger partial charge < -0.3 is 20.3 Å². The number of amides is 1. The molecule has 0 rings (SSSR count). The minimum Gasteiger partial charge on any atom is -0.466 e. The maximum atomic E-state index is 12.5. The number of esters is 1. The second-order valence-electron chi connectivity index (χ2n) is 18.6. The van der Waals surface area contributed by atoms with Gasteiger partial charge in [-0.25, -0.2) is 0 Å². The fourth-order valence-corrected chi connectivity index (χ4v) is 8.27. The van der Waals surface area contributed by atoms with Crippen LogP contribution in [0.15, 0.2) is 24.3 Å². The van der Waals surface area contributed by atoms with Crippen LogP contribution in [0.3, 0.4) is 0 Å². The number of carbonyl (C=O) groups excluding carboxylic acids is 2. The summed E-state index contributed by atoms with van der Waals surface area (Å²) in [7, 11) is 0. The number of allylic oxidation sites excluding steroid dienone is 4. The maximum Gasteiger partial charge on any atom is 0.305 e. The molecule has 0 heterocycles. The predicted octanol–water partition coefficient (Wildman–Crippen LogP) is 16.3. The highest BCUT2D eigenvalue weighted by Crippen LogP contribution is 2.17. The van der Waals surface area contributed by atoms with Crippen LogP contribution in [0.4, 0.5) is 0 Å². The highest BCUT2D eigenvalue weighted by molar-refractivity contribution is 5.76. The molecule has 0 saturated heterocycles. The molecular formula is C55H105NO5. The summed E-state index contributed by atoms with van der Waals surface area (Å²) in [6.07, 6.45) is 60.3. The third kappa shape index (κ3) is 47.7. The van der Waals surface area contributed by atoms with Gasteiger partial charge in [-0.05, 0) is 64.2 Å². The Bertz CT molecular complexity index is 951. The highest BCUT2D eigenvalue weighted by atomic mass is 16.5. The smallest absolute Gasteiger partial charge is 0.305 e. The number of hydrogen-bond donors (Lipinski definition) is 3. The zero-order chi connectivity index (χ0) is 44.4. The highest BCUT2D eigenvalue weighted by Gasteiger charge is 2.20. The number of nitrogens with one attached hydrogen (secondary N) is 1. The van der Waals surface area contributed by atoms with E-state index in [4.69, 9.17) is 4.74 Å². The van der Waals surface area contributed by atoms with Crippen molar-refractivity contribution in [2.24, 2.45) is 0 Å². The topological polar surface area (TPSA) is 95.9 Å². The van der Waals surface area contributed by atoms with Crippen LogP contribution in [0.2, 0.25) is 0 Å². The molecule has 2 unspecified atom stereocenters. The van der Waals surface area contributed by atoms with E-state index >= 15 is 0 Å². The molecular weight excluding hydrogens is 755 g/mol. The molecule has 0 aromatic heterocycles. The van der Waals surface area contributed by atoms with Gasteiger partial charge in [0.05, 0.1) is 25.4 Å². The summed E-state index contributed by atoms with van der Waals surface area (Å²) in [5.41, 5.74) is 0. The van der Waals surface area contributed by atoms with Gasteiger partial charge in [0.15, 0.2) is 0 Å². The van der Waals surface area contributed by atoms with Crippen molar-refractivity contribution in [1.82, 2.24) is 5.32 Å². The SMILES string of the molecule is CCCC/C=C\CCCCCCCC(=O)OCCCCCC/C=C\CCCC(=O)NC(CO)C(O)CCCCCCCCCCCCCCCCCCCCCCCCCC. The fraction of sp³-hybridized carbons (Fsp3) is 0.891. The second kappa shape index (κ2) is 51.0. The molecule has 61 heavy (non-hydrogen) atoms. The molecule has 0 aliphatic heterocycles. The maximum absolute atomic E-state index is 12.5. The molecule has 1 amide bonds. The van der Waals surface area contributed by atoms with Gasteiger partial charge in [-0.15, -0.1) is 0 Å². The molecule has 0 aliphatic carbocycles. The van der Waals surface area contributed by atoms with E-state index in [1.165, 1.54) is 186 Å². The fourth-order valence-electron chi connectivity index (χ4n) is 8.27. The molecule has 0 spiro atoms. The van der Waals surface area contributed by atoms with Crippen LogP contribution in [-0.2, 0) is 14.3 Å². The van der Waals surface area contributed by atoms with Gasteiger partial charge in [0.1, 0.15) is 0 Å². The summed E-state index contributed by atoms with van der Waals surface area (Å²) < 4.78 is 5.42. The van der Waals surface area contributed by atoms with Crippen LogP contribution in [0.5, 0.6) is 0 Å². The Morgan fingerprint density at radius 2 is 0.803 bits per heavy atom. The number of unbranched alkanes of at least 4 members (excludes halogenated alkanes) is 35. The summed E-state index contributed by atoms with van der Waals surface area (Å²) in [4.78, 5) is 24.4. The zero-order valence-electron chi connectivity index (χ0n) is 40.9. The molecule has 0 saturated carbocycles. The Kier molecular flexibility index (Phi) is 49.6. The average molecular weight is 860 g/mol. The molecule has 0 radical (unpaired) electrons. The third-order valence-electron chi connectivity index (χ3n) is 12.5. The van der Waals surface area contributed by atoms with Gasteiger partial charge in [0, 0.05) is 12.8 Å². The molecule has 3 N–H and O–H groups in total. The van der Waals surface area contributed by atoms with E-state index in [-0.39, 0.29) is 18.5 Å². The second-order valence-corrected chi connectivity index (χ2v) is 18.6. The average Bonchev–Trinajstić information content (AvgIpc) is 3.26. The monoisotopic (exact) mass is 860 g/mol. The first kappa shape index (κ1) is 59.3. The minimum atomic E-state index is -0.696. The number of hydrogen-bond acceptors (Lipinski definition) is 5. The van der Waals surface area contributed by atoms with E-state index in [2.05, 4.69) is 43.5 Å². The number of aliphatic hydroxyl groups excluding tert-OH is 2. The minimum absolute atomic E-state index is 0.0461. The molecule has 6 heteroatoms. The molecule has 0 aliphatic rings. The lowest BCUT2D eigenvalue weighted by molar-refractivity contribution is -0.143. The van der Waals surface area contributed by atoms with Crippen LogP contribution in [-0.4, -0.2) is 47.4 Å². The van der Waals surface area contributed by atoms with Crippen molar-refractivity contribution >= 4 is 11.9 Å². The molecule has 0 aromatic carbocycles. The number of rotatable bonds is 50. The van der Waals surface area contributed by atoms with Crippen molar-refractivity contribution < 1.29 is 24.5 Å². The van der Waals surface area contributed by atoms with Gasteiger partial charge in [-0.3, -0.25) is 9.59 Å². The van der Waals surface area contributed by atoms with Crippen LogP contribution in [0.1, 0.15) is 290 Å². The Hall–Kier alpha value is -1.66. The predicted molar refractivity (Wildman–Crippen MR) is 264 cm³/mol. The van der Waals surface area contributed by atoms with Crippen molar-refractivity contribution in [2.75, 3.05) is 13.2 Å². The summed E-state index contributed by atoms with van der Waals surface area (Å²) >= 11 is 0.